The predicted octanol–water partition coefficient (Wildman–Crippen LogP) is 3.75. The molecule has 2 aromatic carbocycles. The minimum absolute atomic E-state index is 0.0260. The van der Waals surface area contributed by atoms with Crippen molar-refractivity contribution < 1.29 is 4.79 Å². The Balaban J connectivity index is 1.48. The van der Waals surface area contributed by atoms with Crippen LogP contribution in [0, 0.1) is 11.8 Å². The maximum absolute atomic E-state index is 12.3. The fourth-order valence-electron chi connectivity index (χ4n) is 3.12. The van der Waals surface area contributed by atoms with Crippen LogP contribution in [-0.2, 0) is 6.54 Å². The lowest BCUT2D eigenvalue weighted by atomic mass is 10.1. The van der Waals surface area contributed by atoms with E-state index >= 15 is 0 Å². The summed E-state index contributed by atoms with van der Waals surface area (Å²) in [6, 6.07) is 23.8. The Morgan fingerprint density at radius 2 is 1.63 bits per heavy atom. The predicted molar refractivity (Wildman–Crippen MR) is 105 cm³/mol. The summed E-state index contributed by atoms with van der Waals surface area (Å²) in [5.41, 5.74) is 3.80. The molecule has 1 fully saturated rings. The number of aromatic nitrogens is 1. The number of urea groups is 1. The van der Waals surface area contributed by atoms with Crippen molar-refractivity contribution in [3.8, 4) is 11.8 Å². The maximum atomic E-state index is 12.3. The van der Waals surface area contributed by atoms with E-state index in [1.165, 1.54) is 0 Å². The SMILES string of the molecule is O=C1NCC(c2ccccc2)N1Cc1ccc(C#Cc2ccccc2)cn1. The average Bonchev–Trinajstić information content (AvgIpc) is 3.09. The molecule has 27 heavy (non-hydrogen) atoms. The second kappa shape index (κ2) is 7.76. The van der Waals surface area contributed by atoms with Crippen LogP contribution in [-0.4, -0.2) is 22.5 Å². The molecular weight excluding hydrogens is 334 g/mol. The van der Waals surface area contributed by atoms with Crippen molar-refractivity contribution in [2.24, 2.45) is 0 Å². The molecule has 0 aliphatic carbocycles. The summed E-state index contributed by atoms with van der Waals surface area (Å²) in [7, 11) is 0. The molecule has 132 valence electrons. The summed E-state index contributed by atoms with van der Waals surface area (Å²) in [5, 5.41) is 2.93. The molecule has 1 aliphatic heterocycles. The van der Waals surface area contributed by atoms with Gasteiger partial charge in [0.25, 0.3) is 0 Å². The lowest BCUT2D eigenvalue weighted by Gasteiger charge is -2.23. The smallest absolute Gasteiger partial charge is 0.318 e. The Morgan fingerprint density at radius 3 is 2.33 bits per heavy atom. The Morgan fingerprint density at radius 1 is 0.926 bits per heavy atom. The molecular formula is C23H19N3O. The van der Waals surface area contributed by atoms with Crippen molar-refractivity contribution in [1.82, 2.24) is 15.2 Å². The Kier molecular flexibility index (Phi) is 4.84. The molecule has 4 nitrogen and oxygen atoms in total. The van der Waals surface area contributed by atoms with E-state index in [1.807, 2.05) is 77.7 Å². The van der Waals surface area contributed by atoms with Crippen LogP contribution < -0.4 is 5.32 Å². The van der Waals surface area contributed by atoms with E-state index in [-0.39, 0.29) is 12.1 Å². The van der Waals surface area contributed by atoms with Crippen LogP contribution in [0.15, 0.2) is 79.0 Å². The monoisotopic (exact) mass is 353 g/mol. The first kappa shape index (κ1) is 16.9. The summed E-state index contributed by atoms with van der Waals surface area (Å²) in [5.74, 6) is 6.24. The molecule has 1 aliphatic rings. The summed E-state index contributed by atoms with van der Waals surface area (Å²) in [4.78, 5) is 18.6. The molecule has 3 aromatic rings. The highest BCUT2D eigenvalue weighted by atomic mass is 16.2. The van der Waals surface area contributed by atoms with E-state index in [4.69, 9.17) is 0 Å². The average molecular weight is 353 g/mol. The van der Waals surface area contributed by atoms with E-state index in [9.17, 15) is 4.79 Å². The molecule has 1 N–H and O–H groups in total. The van der Waals surface area contributed by atoms with Gasteiger partial charge >= 0.3 is 6.03 Å². The van der Waals surface area contributed by atoms with Crippen molar-refractivity contribution in [1.29, 1.82) is 0 Å². The van der Waals surface area contributed by atoms with Gasteiger partial charge in [-0.1, -0.05) is 60.4 Å². The highest BCUT2D eigenvalue weighted by Gasteiger charge is 2.31. The van der Waals surface area contributed by atoms with Gasteiger partial charge in [0.1, 0.15) is 0 Å². The second-order valence-electron chi connectivity index (χ2n) is 6.39. The van der Waals surface area contributed by atoms with Gasteiger partial charge in [0.2, 0.25) is 0 Å². The topological polar surface area (TPSA) is 45.2 Å². The molecule has 2 heterocycles. The van der Waals surface area contributed by atoms with E-state index in [2.05, 4.69) is 22.1 Å². The van der Waals surface area contributed by atoms with E-state index < -0.39 is 0 Å². The van der Waals surface area contributed by atoms with Gasteiger partial charge in [-0.25, -0.2) is 4.79 Å². The van der Waals surface area contributed by atoms with Crippen molar-refractivity contribution in [3.63, 3.8) is 0 Å². The van der Waals surface area contributed by atoms with Gasteiger partial charge < -0.3 is 10.2 Å². The molecule has 0 bridgehead atoms. The molecule has 4 rings (SSSR count). The van der Waals surface area contributed by atoms with Crippen LogP contribution in [0.4, 0.5) is 4.79 Å². The van der Waals surface area contributed by atoms with E-state index in [1.54, 1.807) is 6.20 Å². The zero-order valence-electron chi connectivity index (χ0n) is 14.8. The first-order valence-electron chi connectivity index (χ1n) is 8.91. The summed E-state index contributed by atoms with van der Waals surface area (Å²) in [6.45, 7) is 1.08. The minimum atomic E-state index is -0.0569. The summed E-state index contributed by atoms with van der Waals surface area (Å²) in [6.07, 6.45) is 1.76. The number of carbonyl (C=O) groups excluding carboxylic acids is 1. The van der Waals surface area contributed by atoms with Gasteiger partial charge in [0.15, 0.2) is 0 Å². The molecule has 1 aromatic heterocycles. The van der Waals surface area contributed by atoms with Crippen LogP contribution >= 0.6 is 0 Å². The Labute approximate surface area is 158 Å². The molecule has 2 amide bonds. The summed E-state index contributed by atoms with van der Waals surface area (Å²) < 4.78 is 0. The normalized spacial score (nSPS) is 15.8. The van der Waals surface area contributed by atoms with Crippen LogP contribution in [0.3, 0.4) is 0 Å². The fraction of sp³-hybridized carbons (Fsp3) is 0.130. The maximum Gasteiger partial charge on any atom is 0.318 e. The Hall–Kier alpha value is -3.58. The largest absolute Gasteiger partial charge is 0.336 e. The number of nitrogens with zero attached hydrogens (tertiary/aromatic N) is 2. The fourth-order valence-corrected chi connectivity index (χ4v) is 3.12. The second-order valence-corrected chi connectivity index (χ2v) is 6.39. The van der Waals surface area contributed by atoms with Crippen molar-refractivity contribution in [2.45, 2.75) is 12.6 Å². The number of hydrogen-bond donors (Lipinski definition) is 1. The third-order valence-electron chi connectivity index (χ3n) is 4.55. The van der Waals surface area contributed by atoms with Crippen LogP contribution in [0.25, 0.3) is 0 Å². The lowest BCUT2D eigenvalue weighted by Crippen LogP contribution is -2.29. The van der Waals surface area contributed by atoms with Gasteiger partial charge in [-0.3, -0.25) is 4.98 Å². The molecule has 1 atom stereocenters. The highest BCUT2D eigenvalue weighted by Crippen LogP contribution is 2.25. The summed E-state index contributed by atoms with van der Waals surface area (Å²) >= 11 is 0. The van der Waals surface area contributed by atoms with Crippen molar-refractivity contribution in [2.75, 3.05) is 6.54 Å². The highest BCUT2D eigenvalue weighted by molar-refractivity contribution is 5.77. The van der Waals surface area contributed by atoms with Crippen molar-refractivity contribution >= 4 is 6.03 Å². The molecule has 1 unspecified atom stereocenters. The quantitative estimate of drug-likeness (QED) is 0.729. The van der Waals surface area contributed by atoms with Gasteiger partial charge in [-0.05, 0) is 29.8 Å². The molecule has 1 saturated heterocycles. The number of nitrogens with one attached hydrogen (secondary N) is 1. The number of carbonyl (C=O) groups is 1. The lowest BCUT2D eigenvalue weighted by molar-refractivity contribution is 0.200. The number of benzene rings is 2. The third-order valence-corrected chi connectivity index (χ3v) is 4.55. The minimum Gasteiger partial charge on any atom is -0.336 e. The van der Waals surface area contributed by atoms with Gasteiger partial charge in [-0.15, -0.1) is 0 Å². The van der Waals surface area contributed by atoms with Crippen LogP contribution in [0.2, 0.25) is 0 Å². The molecule has 0 radical (unpaired) electrons. The van der Waals surface area contributed by atoms with Gasteiger partial charge in [0, 0.05) is 23.9 Å². The van der Waals surface area contributed by atoms with Gasteiger partial charge in [0.05, 0.1) is 18.3 Å². The van der Waals surface area contributed by atoms with Crippen molar-refractivity contribution in [3.05, 3.63) is 101 Å². The molecule has 4 heteroatoms. The number of hydrogen-bond acceptors (Lipinski definition) is 2. The number of pyridine rings is 1. The number of amides is 2. The van der Waals surface area contributed by atoms with E-state index in [0.717, 1.165) is 22.4 Å². The molecule has 0 saturated carbocycles. The number of rotatable bonds is 3. The van der Waals surface area contributed by atoms with E-state index in [0.29, 0.717) is 13.1 Å². The Bertz CT molecular complexity index is 973. The van der Waals surface area contributed by atoms with Crippen LogP contribution in [0.5, 0.6) is 0 Å². The first-order chi connectivity index (χ1) is 13.3. The van der Waals surface area contributed by atoms with Gasteiger partial charge in [-0.2, -0.15) is 0 Å². The van der Waals surface area contributed by atoms with Crippen LogP contribution in [0.1, 0.15) is 28.4 Å². The third kappa shape index (κ3) is 3.99. The first-order valence-corrected chi connectivity index (χ1v) is 8.91. The zero-order chi connectivity index (χ0) is 18.5. The zero-order valence-corrected chi connectivity index (χ0v) is 14.8. The molecule has 0 spiro atoms. The standard InChI is InChI=1S/C23H19N3O/c27-23-25-16-22(20-9-5-2-6-10-20)26(23)17-21-14-13-19(15-24-21)12-11-18-7-3-1-4-8-18/h1-10,13-15,22H,16-17H2,(H,25,27).